The number of rotatable bonds is 85. The van der Waals surface area contributed by atoms with Crippen LogP contribution in [-0.4, -0.2) is 96.7 Å². The molecule has 106 heavy (non-hydrogen) atoms. The highest BCUT2D eigenvalue weighted by Gasteiger charge is 2.30. The number of aliphatic hydroxyl groups excluding tert-OH is 1. The molecule has 0 spiro atoms. The van der Waals surface area contributed by atoms with Gasteiger partial charge >= 0.3 is 39.5 Å². The zero-order valence-corrected chi connectivity index (χ0v) is 70.9. The maximum absolute atomic E-state index is 13.1. The van der Waals surface area contributed by atoms with Crippen molar-refractivity contribution in [3.05, 3.63) is 24.3 Å². The van der Waals surface area contributed by atoms with Crippen LogP contribution in [0.5, 0.6) is 0 Å². The molecule has 0 aliphatic heterocycles. The minimum absolute atomic E-state index is 0.0856. The Balaban J connectivity index is 5.24. The zero-order chi connectivity index (χ0) is 77.6. The van der Waals surface area contributed by atoms with Crippen LogP contribution < -0.4 is 0 Å². The molecular formula is C87H166O17P2. The number of phosphoric acid groups is 2. The number of esters is 4. The van der Waals surface area contributed by atoms with E-state index in [-0.39, 0.29) is 25.7 Å². The normalized spacial score (nSPS) is 13.9. The zero-order valence-electron chi connectivity index (χ0n) is 69.1. The van der Waals surface area contributed by atoms with Crippen molar-refractivity contribution in [2.24, 2.45) is 5.92 Å². The average Bonchev–Trinajstić information content (AvgIpc) is 0.909. The smallest absolute Gasteiger partial charge is 0.462 e. The number of allylic oxidation sites excluding steroid dienone is 4. The summed E-state index contributed by atoms with van der Waals surface area (Å²) in [4.78, 5) is 73.2. The molecule has 0 aromatic carbocycles. The number of phosphoric ester groups is 2. The van der Waals surface area contributed by atoms with E-state index in [1.54, 1.807) is 0 Å². The van der Waals surface area contributed by atoms with E-state index in [0.717, 1.165) is 109 Å². The second-order valence-electron chi connectivity index (χ2n) is 31.1. The van der Waals surface area contributed by atoms with E-state index in [1.807, 2.05) is 0 Å². The van der Waals surface area contributed by atoms with Crippen LogP contribution in [0.4, 0.5) is 0 Å². The van der Waals surface area contributed by atoms with Crippen LogP contribution in [-0.2, 0) is 65.4 Å². The number of carbonyl (C=O) groups excluding carboxylic acids is 4. The fourth-order valence-electron chi connectivity index (χ4n) is 13.1. The van der Waals surface area contributed by atoms with Crippen LogP contribution in [0, 0.1) is 5.92 Å². The predicted molar refractivity (Wildman–Crippen MR) is 437 cm³/mol. The first kappa shape index (κ1) is 104. The summed E-state index contributed by atoms with van der Waals surface area (Å²) < 4.78 is 68.8. The van der Waals surface area contributed by atoms with E-state index in [1.165, 1.54) is 257 Å². The highest BCUT2D eigenvalue weighted by Crippen LogP contribution is 2.45. The fraction of sp³-hybridized carbons (Fsp3) is 0.908. The fourth-order valence-corrected chi connectivity index (χ4v) is 14.7. The van der Waals surface area contributed by atoms with E-state index in [0.29, 0.717) is 25.7 Å². The molecule has 0 heterocycles. The van der Waals surface area contributed by atoms with Crippen molar-refractivity contribution in [2.75, 3.05) is 39.6 Å². The molecule has 0 saturated heterocycles. The summed E-state index contributed by atoms with van der Waals surface area (Å²) >= 11 is 0. The lowest BCUT2D eigenvalue weighted by Crippen LogP contribution is -2.30. The first-order valence-electron chi connectivity index (χ1n) is 44.5. The lowest BCUT2D eigenvalue weighted by molar-refractivity contribution is -0.161. The van der Waals surface area contributed by atoms with Crippen LogP contribution >= 0.6 is 15.6 Å². The van der Waals surface area contributed by atoms with Gasteiger partial charge in [-0.05, 0) is 57.3 Å². The molecular weight excluding hydrogens is 1380 g/mol. The van der Waals surface area contributed by atoms with E-state index >= 15 is 0 Å². The Kier molecular flexibility index (Phi) is 77.4. The van der Waals surface area contributed by atoms with Crippen LogP contribution in [0.25, 0.3) is 0 Å². The third-order valence-electron chi connectivity index (χ3n) is 19.9. The van der Waals surface area contributed by atoms with Gasteiger partial charge in [0.2, 0.25) is 0 Å². The third-order valence-corrected chi connectivity index (χ3v) is 21.8. The standard InChI is InChI=1S/C87H166O17P2/c1-6-9-12-15-18-21-24-26-28-29-30-31-32-33-34-40-44-48-53-58-63-68-73-87(92)104-83(77-98-85(90)71-66-61-56-51-46-42-39-36-35-38-41-45-49-54-59-64-69-80(4)5)79-102-106(95,96)100-75-81(88)74-99-105(93,94)101-78-82(76-97-84(89)70-65-60-55-50-23-20-17-14-11-8-3)103-86(91)72-67-62-57-52-47-43-37-27-25-22-19-16-13-10-7-2/h22,25,27,37,80-83,88H,6-21,23-24,26,28-36,38-79H2,1-5H3,(H,93,94)(H,95,96)/b25-22-,37-27-/t81-,82+,83+/m0/s1. The summed E-state index contributed by atoms with van der Waals surface area (Å²) in [6, 6.07) is 0. The monoisotopic (exact) mass is 1550 g/mol. The predicted octanol–water partition coefficient (Wildman–Crippen LogP) is 26.3. The van der Waals surface area contributed by atoms with Gasteiger partial charge in [-0.1, -0.05) is 393 Å². The van der Waals surface area contributed by atoms with Gasteiger partial charge in [0.05, 0.1) is 26.4 Å². The molecule has 0 aliphatic carbocycles. The SMILES string of the molecule is CCCCCC/C=C\C=C/CCCCCCCC(=O)O[C@H](COC(=O)CCCCCCCCCCCC)COP(=O)(O)OC[C@H](O)COP(=O)(O)OC[C@@H](COC(=O)CCCCCCCCCCCCCCCCCCC(C)C)OC(=O)CCCCCCCCCCCCCCCCCCCCCCCC. The Labute approximate surface area is 650 Å². The lowest BCUT2D eigenvalue weighted by atomic mass is 10.0. The molecule has 5 atom stereocenters. The first-order chi connectivity index (χ1) is 51.5. The molecule has 2 unspecified atom stereocenters. The number of hydrogen-bond acceptors (Lipinski definition) is 15. The molecule has 0 aromatic rings. The number of unbranched alkanes of at least 4 members (excludes halogenated alkanes) is 54. The summed E-state index contributed by atoms with van der Waals surface area (Å²) in [5.74, 6) is -1.32. The van der Waals surface area contributed by atoms with Crippen molar-refractivity contribution >= 4 is 39.5 Å². The van der Waals surface area contributed by atoms with Crippen molar-refractivity contribution in [3.8, 4) is 0 Å². The average molecular weight is 1550 g/mol. The van der Waals surface area contributed by atoms with E-state index in [2.05, 4.69) is 58.9 Å². The van der Waals surface area contributed by atoms with Gasteiger partial charge < -0.3 is 33.8 Å². The Bertz CT molecular complexity index is 2110. The molecule has 0 amide bonds. The number of aliphatic hydroxyl groups is 1. The topological polar surface area (TPSA) is 237 Å². The minimum atomic E-state index is -4.97. The van der Waals surface area contributed by atoms with E-state index < -0.39 is 97.5 Å². The van der Waals surface area contributed by atoms with Gasteiger partial charge in [-0.3, -0.25) is 37.3 Å². The quantitative estimate of drug-likeness (QED) is 0.0169. The first-order valence-corrected chi connectivity index (χ1v) is 47.4. The second-order valence-corrected chi connectivity index (χ2v) is 34.0. The van der Waals surface area contributed by atoms with Gasteiger partial charge in [-0.15, -0.1) is 0 Å². The molecule has 0 aliphatic rings. The summed E-state index contributed by atoms with van der Waals surface area (Å²) in [5.41, 5.74) is 0. The molecule has 3 N–H and O–H groups in total. The summed E-state index contributed by atoms with van der Waals surface area (Å²) in [6.07, 6.45) is 75.9. The highest BCUT2D eigenvalue weighted by molar-refractivity contribution is 7.47. The van der Waals surface area contributed by atoms with Crippen LogP contribution in [0.1, 0.15) is 446 Å². The molecule has 0 bridgehead atoms. The Morgan fingerprint density at radius 3 is 0.774 bits per heavy atom. The highest BCUT2D eigenvalue weighted by atomic mass is 31.2. The molecule has 19 heteroatoms. The van der Waals surface area contributed by atoms with Crippen LogP contribution in [0.2, 0.25) is 0 Å². The van der Waals surface area contributed by atoms with E-state index in [9.17, 15) is 43.2 Å². The van der Waals surface area contributed by atoms with Crippen molar-refractivity contribution in [1.82, 2.24) is 0 Å². The molecule has 0 aromatic heterocycles. The van der Waals surface area contributed by atoms with Crippen LogP contribution in [0.3, 0.4) is 0 Å². The molecule has 0 rings (SSSR count). The third kappa shape index (κ3) is 79.6. The maximum Gasteiger partial charge on any atom is 0.472 e. The Morgan fingerprint density at radius 2 is 0.509 bits per heavy atom. The largest absolute Gasteiger partial charge is 0.472 e. The van der Waals surface area contributed by atoms with Crippen molar-refractivity contribution in [3.63, 3.8) is 0 Å². The van der Waals surface area contributed by atoms with E-state index in [4.69, 9.17) is 37.0 Å². The number of carbonyl (C=O) groups is 4. The number of hydrogen-bond donors (Lipinski definition) is 3. The van der Waals surface area contributed by atoms with Gasteiger partial charge in [0.25, 0.3) is 0 Å². The van der Waals surface area contributed by atoms with Gasteiger partial charge in [0, 0.05) is 25.7 Å². The number of ether oxygens (including phenoxy) is 4. The summed E-state index contributed by atoms with van der Waals surface area (Å²) in [7, 11) is -9.94. The summed E-state index contributed by atoms with van der Waals surface area (Å²) in [5, 5.41) is 10.7. The van der Waals surface area contributed by atoms with Crippen molar-refractivity contribution < 1.29 is 80.2 Å². The Hall–Kier alpha value is -2.46. The van der Waals surface area contributed by atoms with Gasteiger partial charge in [0.15, 0.2) is 12.2 Å². The molecule has 0 fully saturated rings. The van der Waals surface area contributed by atoms with Gasteiger partial charge in [-0.25, -0.2) is 9.13 Å². The molecule has 0 radical (unpaired) electrons. The lowest BCUT2D eigenvalue weighted by Gasteiger charge is -2.21. The molecule has 0 saturated carbocycles. The minimum Gasteiger partial charge on any atom is -0.462 e. The Morgan fingerprint density at radius 1 is 0.292 bits per heavy atom. The van der Waals surface area contributed by atoms with Crippen molar-refractivity contribution in [2.45, 2.75) is 464 Å². The van der Waals surface area contributed by atoms with Gasteiger partial charge in [0.1, 0.15) is 19.3 Å². The van der Waals surface area contributed by atoms with Crippen LogP contribution in [0.15, 0.2) is 24.3 Å². The maximum atomic E-state index is 13.1. The molecule has 626 valence electrons. The van der Waals surface area contributed by atoms with Crippen molar-refractivity contribution in [1.29, 1.82) is 0 Å². The second kappa shape index (κ2) is 79.2. The van der Waals surface area contributed by atoms with Gasteiger partial charge in [-0.2, -0.15) is 0 Å². The molecule has 17 nitrogen and oxygen atoms in total. The summed E-state index contributed by atoms with van der Waals surface area (Å²) in [6.45, 7) is 7.32.